The average molecular weight is 232 g/mol. The van der Waals surface area contributed by atoms with Crippen molar-refractivity contribution >= 4 is 11.9 Å². The standard InChI is InChI=1S/C12H12N2O3/c1-2-7-12(10(16)13-11(17)14-12)8-5-3-4-6-9(8)15/h2-6,15H,1,7H2,(H2,13,14,16,17). The Morgan fingerprint density at radius 2 is 2.06 bits per heavy atom. The van der Waals surface area contributed by atoms with E-state index >= 15 is 0 Å². The highest BCUT2D eigenvalue weighted by atomic mass is 16.3. The molecule has 88 valence electrons. The van der Waals surface area contributed by atoms with Gasteiger partial charge in [-0.2, -0.15) is 0 Å². The predicted molar refractivity (Wildman–Crippen MR) is 61.3 cm³/mol. The molecule has 5 heteroatoms. The Morgan fingerprint density at radius 3 is 2.59 bits per heavy atom. The summed E-state index contributed by atoms with van der Waals surface area (Å²) in [6.45, 7) is 3.57. The van der Waals surface area contributed by atoms with Gasteiger partial charge in [0.2, 0.25) is 0 Å². The summed E-state index contributed by atoms with van der Waals surface area (Å²) in [6.07, 6.45) is 1.74. The number of nitrogens with one attached hydrogen (secondary N) is 2. The Hall–Kier alpha value is -2.30. The Morgan fingerprint density at radius 1 is 1.35 bits per heavy atom. The smallest absolute Gasteiger partial charge is 0.322 e. The fourth-order valence-corrected chi connectivity index (χ4v) is 1.99. The maximum atomic E-state index is 11.9. The molecule has 3 N–H and O–H groups in total. The van der Waals surface area contributed by atoms with E-state index in [9.17, 15) is 14.7 Å². The molecular formula is C12H12N2O3. The van der Waals surface area contributed by atoms with Crippen LogP contribution in [0.3, 0.4) is 0 Å². The number of aromatic hydroxyl groups is 1. The lowest BCUT2D eigenvalue weighted by molar-refractivity contribution is -0.124. The third-order valence-corrected chi connectivity index (χ3v) is 2.76. The average Bonchev–Trinajstić information content (AvgIpc) is 2.55. The van der Waals surface area contributed by atoms with Crippen LogP contribution in [0, 0.1) is 0 Å². The van der Waals surface area contributed by atoms with Crippen molar-refractivity contribution in [3.8, 4) is 5.75 Å². The number of carbonyl (C=O) groups excluding carboxylic acids is 2. The van der Waals surface area contributed by atoms with Gasteiger partial charge >= 0.3 is 6.03 Å². The Labute approximate surface area is 98.1 Å². The molecule has 0 bridgehead atoms. The molecule has 1 unspecified atom stereocenters. The zero-order valence-electron chi connectivity index (χ0n) is 9.06. The van der Waals surface area contributed by atoms with Gasteiger partial charge in [-0.25, -0.2) is 4.79 Å². The third kappa shape index (κ3) is 1.65. The molecular weight excluding hydrogens is 220 g/mol. The second-order valence-electron chi connectivity index (χ2n) is 3.82. The first kappa shape index (κ1) is 11.2. The molecule has 5 nitrogen and oxygen atoms in total. The van der Waals surface area contributed by atoms with E-state index in [1.807, 2.05) is 0 Å². The lowest BCUT2D eigenvalue weighted by Gasteiger charge is -2.25. The van der Waals surface area contributed by atoms with Crippen LogP contribution >= 0.6 is 0 Å². The summed E-state index contributed by atoms with van der Waals surface area (Å²) in [7, 11) is 0. The normalized spacial score (nSPS) is 23.1. The highest BCUT2D eigenvalue weighted by Crippen LogP contribution is 2.34. The van der Waals surface area contributed by atoms with Gasteiger partial charge in [0.1, 0.15) is 5.75 Å². The summed E-state index contributed by atoms with van der Waals surface area (Å²) in [4.78, 5) is 23.2. The monoisotopic (exact) mass is 232 g/mol. The SMILES string of the molecule is C=CCC1(c2ccccc2O)NC(=O)NC1=O. The molecule has 0 saturated carbocycles. The van der Waals surface area contributed by atoms with E-state index < -0.39 is 17.5 Å². The molecule has 1 aliphatic rings. The van der Waals surface area contributed by atoms with Crippen LogP contribution in [-0.2, 0) is 10.3 Å². The molecule has 17 heavy (non-hydrogen) atoms. The van der Waals surface area contributed by atoms with Crippen molar-refractivity contribution in [1.29, 1.82) is 0 Å². The third-order valence-electron chi connectivity index (χ3n) is 2.76. The zero-order chi connectivity index (χ0) is 12.5. The number of urea groups is 1. The van der Waals surface area contributed by atoms with Crippen molar-refractivity contribution in [2.24, 2.45) is 0 Å². The van der Waals surface area contributed by atoms with E-state index in [0.29, 0.717) is 5.56 Å². The van der Waals surface area contributed by atoms with Gasteiger partial charge in [-0.3, -0.25) is 10.1 Å². The zero-order valence-corrected chi connectivity index (χ0v) is 9.06. The molecule has 1 aromatic carbocycles. The van der Waals surface area contributed by atoms with Gasteiger partial charge in [-0.05, 0) is 6.07 Å². The van der Waals surface area contributed by atoms with Crippen molar-refractivity contribution in [2.75, 3.05) is 0 Å². The molecule has 1 atom stereocenters. The summed E-state index contributed by atoms with van der Waals surface area (Å²) in [6, 6.07) is 5.84. The molecule has 1 heterocycles. The van der Waals surface area contributed by atoms with Crippen LogP contribution in [0.5, 0.6) is 5.75 Å². The van der Waals surface area contributed by atoms with Gasteiger partial charge in [-0.1, -0.05) is 24.3 Å². The topological polar surface area (TPSA) is 78.4 Å². The number of phenols is 1. The number of hydrogen-bond donors (Lipinski definition) is 3. The maximum Gasteiger partial charge on any atom is 0.322 e. The van der Waals surface area contributed by atoms with Crippen LogP contribution in [0.4, 0.5) is 4.79 Å². The Kier molecular flexibility index (Phi) is 2.59. The molecule has 1 aliphatic heterocycles. The fourth-order valence-electron chi connectivity index (χ4n) is 1.99. The molecule has 0 aliphatic carbocycles. The summed E-state index contributed by atoms with van der Waals surface area (Å²) in [5.74, 6) is -0.518. The number of rotatable bonds is 3. The van der Waals surface area contributed by atoms with Crippen LogP contribution in [-0.4, -0.2) is 17.0 Å². The second kappa shape index (κ2) is 3.93. The number of carbonyl (C=O) groups is 2. The quantitative estimate of drug-likeness (QED) is 0.537. The summed E-state index contributed by atoms with van der Waals surface area (Å²) >= 11 is 0. The first-order chi connectivity index (χ1) is 8.10. The second-order valence-corrected chi connectivity index (χ2v) is 3.82. The van der Waals surface area contributed by atoms with Crippen LogP contribution in [0.25, 0.3) is 0 Å². The molecule has 0 spiro atoms. The minimum absolute atomic E-state index is 0.0355. The summed E-state index contributed by atoms with van der Waals surface area (Å²) in [5.41, 5.74) is -0.896. The van der Waals surface area contributed by atoms with Crippen molar-refractivity contribution < 1.29 is 14.7 Å². The summed E-state index contributed by atoms with van der Waals surface area (Å²) in [5, 5.41) is 14.5. The number of imide groups is 1. The largest absolute Gasteiger partial charge is 0.508 e. The first-order valence-electron chi connectivity index (χ1n) is 5.13. The number of para-hydroxylation sites is 1. The van der Waals surface area contributed by atoms with Crippen molar-refractivity contribution in [3.05, 3.63) is 42.5 Å². The molecule has 0 aromatic heterocycles. The minimum Gasteiger partial charge on any atom is -0.508 e. The van der Waals surface area contributed by atoms with E-state index in [1.54, 1.807) is 18.2 Å². The van der Waals surface area contributed by atoms with Crippen molar-refractivity contribution in [2.45, 2.75) is 12.0 Å². The number of hydrogen-bond acceptors (Lipinski definition) is 3. The maximum absolute atomic E-state index is 11.9. The van der Waals surface area contributed by atoms with E-state index in [2.05, 4.69) is 17.2 Å². The molecule has 3 amide bonds. The van der Waals surface area contributed by atoms with Gasteiger partial charge in [0, 0.05) is 12.0 Å². The van der Waals surface area contributed by atoms with Gasteiger partial charge in [0.05, 0.1) is 0 Å². The van der Waals surface area contributed by atoms with Gasteiger partial charge < -0.3 is 10.4 Å². The van der Waals surface area contributed by atoms with Gasteiger partial charge in [0.15, 0.2) is 5.54 Å². The Bertz CT molecular complexity index is 498. The van der Waals surface area contributed by atoms with E-state index in [1.165, 1.54) is 12.1 Å². The lowest BCUT2D eigenvalue weighted by atomic mass is 9.86. The Balaban J connectivity index is 2.56. The van der Waals surface area contributed by atoms with Crippen LogP contribution in [0.2, 0.25) is 0 Å². The van der Waals surface area contributed by atoms with Crippen molar-refractivity contribution in [1.82, 2.24) is 10.6 Å². The number of benzene rings is 1. The van der Waals surface area contributed by atoms with E-state index in [4.69, 9.17) is 0 Å². The lowest BCUT2D eigenvalue weighted by Crippen LogP contribution is -2.43. The molecule has 1 fully saturated rings. The van der Waals surface area contributed by atoms with Gasteiger partial charge in [-0.15, -0.1) is 6.58 Å². The van der Waals surface area contributed by atoms with Crippen LogP contribution in [0.15, 0.2) is 36.9 Å². The van der Waals surface area contributed by atoms with Crippen LogP contribution < -0.4 is 10.6 Å². The van der Waals surface area contributed by atoms with E-state index in [0.717, 1.165) is 0 Å². The van der Waals surface area contributed by atoms with E-state index in [-0.39, 0.29) is 12.2 Å². The highest BCUT2D eigenvalue weighted by molar-refractivity contribution is 6.07. The number of amides is 3. The minimum atomic E-state index is -1.26. The highest BCUT2D eigenvalue weighted by Gasteiger charge is 2.47. The molecule has 0 radical (unpaired) electrons. The van der Waals surface area contributed by atoms with Gasteiger partial charge in [0.25, 0.3) is 5.91 Å². The molecule has 2 rings (SSSR count). The predicted octanol–water partition coefficient (Wildman–Crippen LogP) is 1.00. The molecule has 1 saturated heterocycles. The van der Waals surface area contributed by atoms with Crippen molar-refractivity contribution in [3.63, 3.8) is 0 Å². The van der Waals surface area contributed by atoms with Crippen LogP contribution in [0.1, 0.15) is 12.0 Å². The summed E-state index contributed by atoms with van der Waals surface area (Å²) < 4.78 is 0. The number of phenolic OH excluding ortho intramolecular Hbond substituents is 1. The molecule has 1 aromatic rings. The fraction of sp³-hybridized carbons (Fsp3) is 0.167. The first-order valence-corrected chi connectivity index (χ1v) is 5.13.